The summed E-state index contributed by atoms with van der Waals surface area (Å²) in [5, 5.41) is 14.4. The highest BCUT2D eigenvalue weighted by atomic mass is 79.9. The molecule has 0 saturated heterocycles. The van der Waals surface area contributed by atoms with Crippen molar-refractivity contribution in [3.63, 3.8) is 0 Å². The smallest absolute Gasteiger partial charge is 0.344 e. The lowest BCUT2D eigenvalue weighted by Gasteiger charge is -2.09. The molecule has 4 rings (SSSR count). The molecule has 0 unspecified atom stereocenters. The summed E-state index contributed by atoms with van der Waals surface area (Å²) in [6, 6.07) is 26.4. The molecule has 0 spiro atoms. The fourth-order valence-electron chi connectivity index (χ4n) is 3.29. The van der Waals surface area contributed by atoms with E-state index < -0.39 is 11.9 Å². The largest absolute Gasteiger partial charge is 0.422 e. The average Bonchev–Trinajstić information content (AvgIpc) is 2.85. The van der Waals surface area contributed by atoms with Crippen LogP contribution in [0.1, 0.15) is 15.9 Å². The van der Waals surface area contributed by atoms with Gasteiger partial charge in [-0.15, -0.1) is 0 Å². The minimum Gasteiger partial charge on any atom is -0.422 e. The molecule has 0 aliphatic heterocycles. The Morgan fingerprint density at radius 3 is 2.44 bits per heavy atom. The molecule has 0 bridgehead atoms. The van der Waals surface area contributed by atoms with Gasteiger partial charge in [0.05, 0.1) is 10.0 Å². The van der Waals surface area contributed by atoms with Gasteiger partial charge >= 0.3 is 5.97 Å². The molecular formula is C27H16BrClN2O3. The summed E-state index contributed by atoms with van der Waals surface area (Å²) in [7, 11) is 0. The van der Waals surface area contributed by atoms with Gasteiger partial charge in [-0.3, -0.25) is 4.79 Å². The number of carbonyl (C=O) groups is 2. The molecule has 0 saturated carbocycles. The predicted octanol–water partition coefficient (Wildman–Crippen LogP) is 7.02. The second-order valence-electron chi connectivity index (χ2n) is 7.24. The van der Waals surface area contributed by atoms with E-state index in [1.165, 1.54) is 6.08 Å². The minimum absolute atomic E-state index is 0.0812. The van der Waals surface area contributed by atoms with Gasteiger partial charge in [0.25, 0.3) is 5.91 Å². The topological polar surface area (TPSA) is 79.2 Å². The third-order valence-corrected chi connectivity index (χ3v) is 5.82. The maximum absolute atomic E-state index is 12.8. The molecule has 0 atom stereocenters. The van der Waals surface area contributed by atoms with Crippen LogP contribution < -0.4 is 10.1 Å². The number of hydrogen-bond acceptors (Lipinski definition) is 4. The van der Waals surface area contributed by atoms with Gasteiger partial charge in [-0.25, -0.2) is 4.79 Å². The van der Waals surface area contributed by atoms with E-state index in [4.69, 9.17) is 16.3 Å². The van der Waals surface area contributed by atoms with Crippen molar-refractivity contribution in [3.8, 4) is 11.8 Å². The Kier molecular flexibility index (Phi) is 7.07. The Bertz CT molecular complexity index is 1470. The zero-order chi connectivity index (χ0) is 24.1. The number of rotatable bonds is 5. The molecule has 0 heterocycles. The van der Waals surface area contributed by atoms with E-state index in [0.717, 1.165) is 10.8 Å². The van der Waals surface area contributed by atoms with Crippen molar-refractivity contribution in [1.82, 2.24) is 0 Å². The van der Waals surface area contributed by atoms with Crippen molar-refractivity contribution in [1.29, 1.82) is 5.26 Å². The van der Waals surface area contributed by atoms with Crippen LogP contribution >= 0.6 is 27.5 Å². The molecule has 5 nitrogen and oxygen atoms in total. The number of carbonyl (C=O) groups excluding carboxylic acids is 2. The van der Waals surface area contributed by atoms with Crippen LogP contribution in [0.25, 0.3) is 16.8 Å². The van der Waals surface area contributed by atoms with Crippen LogP contribution in [0.15, 0.2) is 95.0 Å². The van der Waals surface area contributed by atoms with Crippen LogP contribution in [-0.4, -0.2) is 11.9 Å². The molecular weight excluding hydrogens is 516 g/mol. The minimum atomic E-state index is -0.549. The Morgan fingerprint density at radius 1 is 0.971 bits per heavy atom. The van der Waals surface area contributed by atoms with Gasteiger partial charge in [-0.05, 0) is 80.8 Å². The Morgan fingerprint density at radius 2 is 1.71 bits per heavy atom. The summed E-state index contributed by atoms with van der Waals surface area (Å²) in [5.41, 5.74) is 1.48. The summed E-state index contributed by atoms with van der Waals surface area (Å²) < 4.78 is 6.11. The van der Waals surface area contributed by atoms with Crippen molar-refractivity contribution in [2.75, 3.05) is 5.32 Å². The van der Waals surface area contributed by atoms with Gasteiger partial charge in [0.2, 0.25) is 0 Å². The van der Waals surface area contributed by atoms with Gasteiger partial charge < -0.3 is 10.1 Å². The highest BCUT2D eigenvalue weighted by Gasteiger charge is 2.15. The monoisotopic (exact) mass is 530 g/mol. The van der Waals surface area contributed by atoms with E-state index >= 15 is 0 Å². The van der Waals surface area contributed by atoms with E-state index in [1.807, 2.05) is 36.4 Å². The lowest BCUT2D eigenvalue weighted by molar-refractivity contribution is -0.112. The first kappa shape index (κ1) is 23.2. The Hall–Kier alpha value is -3.92. The maximum atomic E-state index is 12.8. The molecule has 0 aliphatic carbocycles. The number of nitrogens with zero attached hydrogens (tertiary/aromatic N) is 1. The summed E-state index contributed by atoms with van der Waals surface area (Å²) in [6.45, 7) is 0. The summed E-state index contributed by atoms with van der Waals surface area (Å²) in [5.74, 6) is -0.715. The quantitative estimate of drug-likeness (QED) is 0.130. The predicted molar refractivity (Wildman–Crippen MR) is 137 cm³/mol. The number of fused-ring (bicyclic) bond motifs is 1. The highest BCUT2D eigenvalue weighted by molar-refractivity contribution is 9.10. The van der Waals surface area contributed by atoms with Crippen molar-refractivity contribution >= 4 is 61.9 Å². The second kappa shape index (κ2) is 10.3. The van der Waals surface area contributed by atoms with E-state index in [2.05, 4.69) is 21.2 Å². The number of ether oxygens (including phenoxy) is 1. The first-order valence-electron chi connectivity index (χ1n) is 10.1. The lowest BCUT2D eigenvalue weighted by atomic mass is 10.0. The van der Waals surface area contributed by atoms with Crippen molar-refractivity contribution < 1.29 is 14.3 Å². The molecule has 0 radical (unpaired) electrons. The van der Waals surface area contributed by atoms with Gasteiger partial charge in [-0.2, -0.15) is 5.26 Å². The van der Waals surface area contributed by atoms with E-state index in [-0.39, 0.29) is 5.57 Å². The van der Waals surface area contributed by atoms with E-state index in [1.54, 1.807) is 54.6 Å². The number of nitriles is 1. The standard InChI is InChI=1S/C27H16BrClN2O3/c28-24-15-17(14-19(16-30)26(32)31-21-11-9-20(29)10-12-21)8-13-25(24)34-27(33)23-7-3-5-18-4-1-2-6-22(18)23/h1-15H,(H,31,32)/b19-14+. The van der Waals surface area contributed by atoms with Crippen LogP contribution in [0.4, 0.5) is 5.69 Å². The van der Waals surface area contributed by atoms with Crippen molar-refractivity contribution in [2.45, 2.75) is 0 Å². The lowest BCUT2D eigenvalue weighted by Crippen LogP contribution is -2.13. The second-order valence-corrected chi connectivity index (χ2v) is 8.53. The number of amides is 1. The normalized spacial score (nSPS) is 11.0. The number of esters is 1. The van der Waals surface area contributed by atoms with Crippen LogP contribution in [0.3, 0.4) is 0 Å². The Balaban J connectivity index is 1.52. The molecule has 0 aliphatic rings. The van der Waals surface area contributed by atoms with Crippen LogP contribution in [-0.2, 0) is 4.79 Å². The highest BCUT2D eigenvalue weighted by Crippen LogP contribution is 2.29. The first-order valence-corrected chi connectivity index (χ1v) is 11.3. The van der Waals surface area contributed by atoms with Crippen molar-refractivity contribution in [2.24, 2.45) is 0 Å². The molecule has 34 heavy (non-hydrogen) atoms. The number of halogens is 2. The van der Waals surface area contributed by atoms with Gasteiger partial charge in [0.15, 0.2) is 0 Å². The molecule has 0 aromatic heterocycles. The molecule has 1 amide bonds. The number of benzene rings is 4. The van der Waals surface area contributed by atoms with Crippen LogP contribution in [0.2, 0.25) is 5.02 Å². The maximum Gasteiger partial charge on any atom is 0.344 e. The fraction of sp³-hybridized carbons (Fsp3) is 0. The molecule has 1 N–H and O–H groups in total. The molecule has 7 heteroatoms. The third-order valence-electron chi connectivity index (χ3n) is 4.95. The molecule has 0 fully saturated rings. The van der Waals surface area contributed by atoms with Gasteiger partial charge in [0.1, 0.15) is 17.4 Å². The summed E-state index contributed by atoms with van der Waals surface area (Å²) in [4.78, 5) is 25.3. The first-order chi connectivity index (χ1) is 16.4. The molecule has 4 aromatic carbocycles. The Labute approximate surface area is 209 Å². The van der Waals surface area contributed by atoms with Gasteiger partial charge in [-0.1, -0.05) is 54.1 Å². The zero-order valence-electron chi connectivity index (χ0n) is 17.6. The van der Waals surface area contributed by atoms with Crippen molar-refractivity contribution in [3.05, 3.63) is 111 Å². The number of anilines is 1. The van der Waals surface area contributed by atoms with Gasteiger partial charge in [0, 0.05) is 10.7 Å². The zero-order valence-corrected chi connectivity index (χ0v) is 19.9. The fourth-order valence-corrected chi connectivity index (χ4v) is 3.90. The van der Waals surface area contributed by atoms with Crippen LogP contribution in [0, 0.1) is 11.3 Å². The van der Waals surface area contributed by atoms with Crippen LogP contribution in [0.5, 0.6) is 5.75 Å². The summed E-state index contributed by atoms with van der Waals surface area (Å²) >= 11 is 9.26. The van der Waals surface area contributed by atoms with E-state index in [9.17, 15) is 14.9 Å². The number of nitrogens with one attached hydrogen (secondary N) is 1. The number of hydrogen-bond donors (Lipinski definition) is 1. The third kappa shape index (κ3) is 5.34. The molecule has 4 aromatic rings. The summed E-state index contributed by atoms with van der Waals surface area (Å²) in [6.07, 6.45) is 1.45. The SMILES string of the molecule is N#C/C(=C\c1ccc(OC(=O)c2cccc3ccccc23)c(Br)c1)C(=O)Nc1ccc(Cl)cc1. The molecule has 166 valence electrons. The van der Waals surface area contributed by atoms with E-state index in [0.29, 0.717) is 32.1 Å². The average molecular weight is 532 g/mol.